The van der Waals surface area contributed by atoms with E-state index in [4.69, 9.17) is 25.8 Å². The Morgan fingerprint density at radius 2 is 2.00 bits per heavy atom. The molecule has 0 bridgehead atoms. The number of nitrogens with zero attached hydrogens (tertiary/aromatic N) is 2. The molecule has 0 spiro atoms. The van der Waals surface area contributed by atoms with Gasteiger partial charge in [0.25, 0.3) is 0 Å². The molecule has 34 heavy (non-hydrogen) atoms. The quantitative estimate of drug-likeness (QED) is 0.291. The fourth-order valence-corrected chi connectivity index (χ4v) is 4.39. The zero-order valence-corrected chi connectivity index (χ0v) is 19.3. The molecule has 1 aliphatic carbocycles. The van der Waals surface area contributed by atoms with Crippen LogP contribution in [0.2, 0.25) is 0 Å². The molecule has 9 heteroatoms. The zero-order chi connectivity index (χ0) is 23.8. The van der Waals surface area contributed by atoms with E-state index in [0.29, 0.717) is 27.6 Å². The number of ether oxygens (including phenoxy) is 1. The van der Waals surface area contributed by atoms with Gasteiger partial charge in [0, 0.05) is 18.7 Å². The highest BCUT2D eigenvalue weighted by Gasteiger charge is 2.29. The minimum absolute atomic E-state index is 0.0838. The normalized spacial score (nSPS) is 14.4. The van der Waals surface area contributed by atoms with E-state index < -0.39 is 5.97 Å². The summed E-state index contributed by atoms with van der Waals surface area (Å²) in [6.07, 6.45) is 5.60. The lowest BCUT2D eigenvalue weighted by molar-refractivity contribution is 0.0488. The zero-order valence-electron chi connectivity index (χ0n) is 18.5. The first-order valence-electron chi connectivity index (χ1n) is 10.8. The molecule has 0 saturated heterocycles. The lowest BCUT2D eigenvalue weighted by Crippen LogP contribution is -2.25. The summed E-state index contributed by atoms with van der Waals surface area (Å²) in [5.41, 5.74) is 3.05. The molecule has 1 aromatic carbocycles. The summed E-state index contributed by atoms with van der Waals surface area (Å²) in [7, 11) is 0. The van der Waals surface area contributed by atoms with E-state index >= 15 is 0 Å². The predicted molar refractivity (Wildman–Crippen MR) is 127 cm³/mol. The second-order valence-electron chi connectivity index (χ2n) is 7.84. The van der Waals surface area contributed by atoms with E-state index in [-0.39, 0.29) is 30.5 Å². The Morgan fingerprint density at radius 1 is 1.18 bits per heavy atom. The highest BCUT2D eigenvalue weighted by Crippen LogP contribution is 2.39. The highest BCUT2D eigenvalue weighted by atomic mass is 32.1. The predicted octanol–water partition coefficient (Wildman–Crippen LogP) is 4.68. The summed E-state index contributed by atoms with van der Waals surface area (Å²) in [4.78, 5) is 32.1. The summed E-state index contributed by atoms with van der Waals surface area (Å²) >= 11 is 5.59. The summed E-state index contributed by atoms with van der Waals surface area (Å²) < 4.78 is 18.2. The van der Waals surface area contributed by atoms with Gasteiger partial charge in [-0.2, -0.15) is 0 Å². The van der Waals surface area contributed by atoms with Gasteiger partial charge in [0.05, 0.1) is 24.8 Å². The first-order chi connectivity index (χ1) is 16.4. The number of aromatic nitrogens is 3. The van der Waals surface area contributed by atoms with Crippen molar-refractivity contribution in [2.45, 2.75) is 26.3 Å². The number of furan rings is 1. The van der Waals surface area contributed by atoms with E-state index in [0.717, 1.165) is 16.8 Å². The molecule has 0 fully saturated rings. The average molecular weight is 476 g/mol. The van der Waals surface area contributed by atoms with Gasteiger partial charge in [-0.3, -0.25) is 9.55 Å². The van der Waals surface area contributed by atoms with E-state index in [9.17, 15) is 9.59 Å². The maximum atomic E-state index is 12.7. The number of aryl methyl sites for hydroxylation is 1. The number of benzene rings is 1. The number of carbonyl (C=O) groups is 1. The van der Waals surface area contributed by atoms with E-state index in [1.165, 1.54) is 10.6 Å². The van der Waals surface area contributed by atoms with Crippen molar-refractivity contribution in [3.8, 4) is 0 Å². The molecule has 1 unspecified atom stereocenters. The van der Waals surface area contributed by atoms with Crippen LogP contribution in [-0.2, 0) is 11.3 Å². The minimum Gasteiger partial charge on any atom is -0.460 e. The summed E-state index contributed by atoms with van der Waals surface area (Å²) in [6, 6.07) is 11.1. The van der Waals surface area contributed by atoms with Gasteiger partial charge in [0.15, 0.2) is 11.7 Å². The van der Waals surface area contributed by atoms with Crippen molar-refractivity contribution >= 4 is 30.3 Å². The number of H-pyrrole nitrogens is 1. The molecule has 172 valence electrons. The van der Waals surface area contributed by atoms with E-state index in [1.54, 1.807) is 26.1 Å². The molecule has 1 N–H and O–H groups in total. The largest absolute Gasteiger partial charge is 0.460 e. The van der Waals surface area contributed by atoms with Gasteiger partial charge in [-0.15, -0.1) is 0 Å². The molecular formula is C25H21N3O5S. The third-order valence-corrected chi connectivity index (χ3v) is 5.93. The van der Waals surface area contributed by atoms with Crippen LogP contribution in [0.15, 0.2) is 56.2 Å². The second kappa shape index (κ2) is 8.75. The van der Waals surface area contributed by atoms with Gasteiger partial charge in [-0.25, -0.2) is 14.6 Å². The highest BCUT2D eigenvalue weighted by molar-refractivity contribution is 7.71. The number of fused-ring (bicyclic) bond motifs is 2. The third kappa shape index (κ3) is 3.94. The van der Waals surface area contributed by atoms with Crippen LogP contribution in [-0.4, -0.2) is 27.1 Å². The number of oxazole rings is 1. The molecule has 0 amide bonds. The number of hydrogen-bond acceptors (Lipinski definition) is 7. The van der Waals surface area contributed by atoms with Crippen LogP contribution in [0, 0.1) is 11.6 Å². The Morgan fingerprint density at radius 3 is 2.82 bits per heavy atom. The maximum Gasteiger partial charge on any atom is 0.374 e. The van der Waals surface area contributed by atoms with Gasteiger partial charge in [-0.05, 0) is 36.3 Å². The van der Waals surface area contributed by atoms with E-state index in [2.05, 4.69) is 9.97 Å². The lowest BCUT2D eigenvalue weighted by Gasteiger charge is -2.18. The topological polar surface area (TPSA) is 103 Å². The molecule has 0 aliphatic heterocycles. The van der Waals surface area contributed by atoms with Crippen molar-refractivity contribution in [3.05, 3.63) is 103 Å². The first-order valence-corrected chi connectivity index (χ1v) is 11.2. The van der Waals surface area contributed by atoms with Crippen LogP contribution in [0.25, 0.3) is 12.2 Å². The van der Waals surface area contributed by atoms with Crippen LogP contribution >= 0.6 is 12.2 Å². The smallest absolute Gasteiger partial charge is 0.374 e. The Labute approximate surface area is 199 Å². The monoisotopic (exact) mass is 475 g/mol. The van der Waals surface area contributed by atoms with Crippen molar-refractivity contribution in [3.63, 3.8) is 0 Å². The molecular weight excluding hydrogens is 454 g/mol. The van der Waals surface area contributed by atoms with Crippen LogP contribution in [0.4, 0.5) is 0 Å². The fraction of sp³-hybridized carbons (Fsp3) is 0.200. The Hall–Kier alpha value is -3.98. The third-order valence-electron chi connectivity index (χ3n) is 5.60. The number of carbonyl (C=O) groups excluding carboxylic acids is 1. The maximum absolute atomic E-state index is 12.7. The Balaban J connectivity index is 1.60. The number of nitrogens with one attached hydrogen (secondary N) is 1. The molecule has 0 saturated carbocycles. The van der Waals surface area contributed by atoms with Crippen LogP contribution in [0.1, 0.15) is 63.2 Å². The van der Waals surface area contributed by atoms with Gasteiger partial charge in [0.1, 0.15) is 10.4 Å². The minimum atomic E-state index is -0.550. The van der Waals surface area contributed by atoms with Crippen molar-refractivity contribution in [2.75, 3.05) is 6.61 Å². The van der Waals surface area contributed by atoms with Gasteiger partial charge < -0.3 is 13.6 Å². The van der Waals surface area contributed by atoms with E-state index in [1.807, 2.05) is 36.4 Å². The summed E-state index contributed by atoms with van der Waals surface area (Å²) in [5.74, 6) is 0.815. The molecule has 3 aromatic heterocycles. The molecule has 8 nitrogen and oxygen atoms in total. The SMILES string of the molecule is CCOC(=O)c1ccc(Cn2cc(C3c4ccccc4C=Cc4oc(C)nc43)c(=S)[nH]c2=O)o1. The van der Waals surface area contributed by atoms with Gasteiger partial charge in [-0.1, -0.05) is 42.6 Å². The molecule has 1 aliphatic rings. The molecule has 1 atom stereocenters. The molecule has 5 rings (SSSR count). The van der Waals surface area contributed by atoms with Crippen molar-refractivity contribution in [1.29, 1.82) is 0 Å². The Bertz CT molecular complexity index is 1540. The number of rotatable bonds is 5. The summed E-state index contributed by atoms with van der Waals surface area (Å²) in [6.45, 7) is 3.87. The molecule has 3 heterocycles. The van der Waals surface area contributed by atoms with Gasteiger partial charge in [0.2, 0.25) is 5.76 Å². The Kier molecular flexibility index (Phi) is 5.62. The van der Waals surface area contributed by atoms with Crippen molar-refractivity contribution < 1.29 is 18.4 Å². The number of aromatic amines is 1. The van der Waals surface area contributed by atoms with Crippen LogP contribution in [0.5, 0.6) is 0 Å². The molecule has 0 radical (unpaired) electrons. The van der Waals surface area contributed by atoms with Crippen LogP contribution < -0.4 is 5.69 Å². The van der Waals surface area contributed by atoms with Crippen molar-refractivity contribution in [1.82, 2.24) is 14.5 Å². The average Bonchev–Trinajstić information content (AvgIpc) is 3.39. The van der Waals surface area contributed by atoms with Gasteiger partial charge >= 0.3 is 11.7 Å². The second-order valence-corrected chi connectivity index (χ2v) is 8.24. The first kappa shape index (κ1) is 21.8. The lowest BCUT2D eigenvalue weighted by atomic mass is 9.87. The fourth-order valence-electron chi connectivity index (χ4n) is 4.13. The molecule has 4 aromatic rings. The summed E-state index contributed by atoms with van der Waals surface area (Å²) in [5, 5.41) is 0. The number of hydrogen-bond donors (Lipinski definition) is 1. The van der Waals surface area contributed by atoms with Crippen molar-refractivity contribution in [2.24, 2.45) is 0 Å². The number of esters is 1. The standard InChI is InChI=1S/C25H21N3O5S/c1-3-31-24(29)20-11-9-16(33-20)12-28-13-18(23(34)27-25(28)30)21-17-7-5-4-6-15(17)8-10-19-22(21)26-14(2)32-19/h4-11,13,21H,3,12H2,1-2H3,(H,27,30,34). The van der Waals surface area contributed by atoms with Crippen LogP contribution in [0.3, 0.4) is 0 Å².